The van der Waals surface area contributed by atoms with E-state index in [1.54, 1.807) is 20.4 Å². The molecule has 0 bridgehead atoms. The van der Waals surface area contributed by atoms with Gasteiger partial charge < -0.3 is 19.5 Å². The van der Waals surface area contributed by atoms with Crippen molar-refractivity contribution in [1.82, 2.24) is 10.7 Å². The molecule has 0 aliphatic carbocycles. The van der Waals surface area contributed by atoms with Gasteiger partial charge in [0.1, 0.15) is 5.75 Å². The Kier molecular flexibility index (Phi) is 9.94. The van der Waals surface area contributed by atoms with Crippen LogP contribution in [0.2, 0.25) is 0 Å². The number of hydrazone groups is 1. The van der Waals surface area contributed by atoms with Gasteiger partial charge in [0.2, 0.25) is 0 Å². The van der Waals surface area contributed by atoms with E-state index in [-0.39, 0.29) is 0 Å². The molecule has 0 aliphatic heterocycles. The van der Waals surface area contributed by atoms with Crippen LogP contribution in [0.3, 0.4) is 0 Å². The summed E-state index contributed by atoms with van der Waals surface area (Å²) < 4.78 is 17.2. The van der Waals surface area contributed by atoms with E-state index in [0.717, 1.165) is 24.2 Å². The van der Waals surface area contributed by atoms with Gasteiger partial charge in [-0.2, -0.15) is 5.10 Å². The van der Waals surface area contributed by atoms with Crippen LogP contribution in [0.15, 0.2) is 47.6 Å². The number of rotatable bonds is 11. The zero-order valence-corrected chi connectivity index (χ0v) is 18.9. The highest BCUT2D eigenvalue weighted by atomic mass is 32.1. The van der Waals surface area contributed by atoms with Crippen molar-refractivity contribution < 1.29 is 14.2 Å². The highest BCUT2D eigenvalue weighted by Crippen LogP contribution is 2.30. The van der Waals surface area contributed by atoms with E-state index >= 15 is 0 Å². The lowest BCUT2D eigenvalue weighted by Crippen LogP contribution is -2.28. The Balaban J connectivity index is 1.87. The van der Waals surface area contributed by atoms with Crippen LogP contribution in [-0.4, -0.2) is 38.7 Å². The zero-order chi connectivity index (χ0) is 21.8. The first-order chi connectivity index (χ1) is 14.6. The third kappa shape index (κ3) is 7.22. The summed E-state index contributed by atoms with van der Waals surface area (Å²) in [6.07, 6.45) is 3.52. The van der Waals surface area contributed by atoms with Gasteiger partial charge >= 0.3 is 0 Å². The first-order valence-corrected chi connectivity index (χ1v) is 10.5. The van der Waals surface area contributed by atoms with Gasteiger partial charge in [-0.1, -0.05) is 32.0 Å². The number of para-hydroxylation sites is 1. The van der Waals surface area contributed by atoms with E-state index in [1.165, 1.54) is 5.56 Å². The fraction of sp³-hybridized carbons (Fsp3) is 0.391. The van der Waals surface area contributed by atoms with Crippen LogP contribution in [0.5, 0.6) is 17.2 Å². The fourth-order valence-corrected chi connectivity index (χ4v) is 2.77. The second-order valence-corrected chi connectivity index (χ2v) is 7.16. The summed E-state index contributed by atoms with van der Waals surface area (Å²) in [4.78, 5) is 0. The Labute approximate surface area is 184 Å². The molecule has 1 unspecified atom stereocenters. The Bertz CT molecular complexity index is 825. The Morgan fingerprint density at radius 2 is 1.87 bits per heavy atom. The van der Waals surface area contributed by atoms with Gasteiger partial charge in [0.15, 0.2) is 16.6 Å². The minimum atomic E-state index is 0.436. The first kappa shape index (κ1) is 23.5. The second-order valence-electron chi connectivity index (χ2n) is 6.76. The van der Waals surface area contributed by atoms with Crippen molar-refractivity contribution >= 4 is 23.5 Å². The zero-order valence-electron chi connectivity index (χ0n) is 18.1. The molecule has 1 atom stereocenters. The molecule has 7 heteroatoms. The molecule has 0 aliphatic rings. The van der Waals surface area contributed by atoms with Crippen LogP contribution < -0.4 is 25.0 Å². The number of ether oxygens (including phenoxy) is 3. The maximum absolute atomic E-state index is 5.97. The third-order valence-electron chi connectivity index (χ3n) is 4.69. The van der Waals surface area contributed by atoms with E-state index in [9.17, 15) is 0 Å². The maximum Gasteiger partial charge on any atom is 0.186 e. The normalized spacial score (nSPS) is 11.7. The monoisotopic (exact) mass is 429 g/mol. The molecule has 0 aromatic heterocycles. The predicted octanol–water partition coefficient (Wildman–Crippen LogP) is 4.48. The number of hydrogen-bond donors (Lipinski definition) is 2. The molecule has 30 heavy (non-hydrogen) atoms. The average molecular weight is 430 g/mol. The summed E-state index contributed by atoms with van der Waals surface area (Å²) in [6, 6.07) is 14.0. The standard InChI is InChI=1S/C23H31N3O3S/c1-5-17(2)18-10-12-20(13-11-18)28-14-7-15-29-22-19(8-6-9-21(22)27-4)16-25-26-23(30)24-3/h6,8-13,16-17H,5,7,14-15H2,1-4H3,(H2,24,26,30)/b25-16+. The van der Waals surface area contributed by atoms with Gasteiger partial charge in [0.05, 0.1) is 26.5 Å². The Hall–Kier alpha value is -2.80. The molecule has 0 saturated carbocycles. The molecule has 6 nitrogen and oxygen atoms in total. The van der Waals surface area contributed by atoms with Crippen molar-refractivity contribution in [3.63, 3.8) is 0 Å². The van der Waals surface area contributed by atoms with E-state index in [0.29, 0.717) is 35.7 Å². The van der Waals surface area contributed by atoms with Crippen molar-refractivity contribution in [3.05, 3.63) is 53.6 Å². The van der Waals surface area contributed by atoms with Crippen molar-refractivity contribution in [3.8, 4) is 17.2 Å². The minimum absolute atomic E-state index is 0.436. The average Bonchev–Trinajstić information content (AvgIpc) is 2.79. The molecule has 2 aromatic rings. The van der Waals surface area contributed by atoms with Crippen LogP contribution in [-0.2, 0) is 0 Å². The molecule has 0 amide bonds. The number of nitrogens with one attached hydrogen (secondary N) is 2. The van der Waals surface area contributed by atoms with Crippen LogP contribution in [0.4, 0.5) is 0 Å². The smallest absolute Gasteiger partial charge is 0.186 e. The molecule has 0 fully saturated rings. The van der Waals surface area contributed by atoms with Gasteiger partial charge in [0, 0.05) is 19.0 Å². The Morgan fingerprint density at radius 3 is 2.53 bits per heavy atom. The van der Waals surface area contributed by atoms with Gasteiger partial charge in [-0.3, -0.25) is 5.43 Å². The van der Waals surface area contributed by atoms with E-state index < -0.39 is 0 Å². The van der Waals surface area contributed by atoms with Gasteiger partial charge in [-0.15, -0.1) is 0 Å². The molecule has 0 spiro atoms. The van der Waals surface area contributed by atoms with Crippen LogP contribution >= 0.6 is 12.2 Å². The number of nitrogens with zero attached hydrogens (tertiary/aromatic N) is 1. The van der Waals surface area contributed by atoms with Gasteiger partial charge in [-0.05, 0) is 54.4 Å². The maximum atomic E-state index is 5.97. The van der Waals surface area contributed by atoms with Gasteiger partial charge in [-0.25, -0.2) is 0 Å². The van der Waals surface area contributed by atoms with Crippen LogP contribution in [0.1, 0.15) is 43.7 Å². The summed E-state index contributed by atoms with van der Waals surface area (Å²) in [5, 5.41) is 7.35. The minimum Gasteiger partial charge on any atom is -0.493 e. The molecule has 2 rings (SSSR count). The Morgan fingerprint density at radius 1 is 1.13 bits per heavy atom. The van der Waals surface area contributed by atoms with Gasteiger partial charge in [0.25, 0.3) is 0 Å². The number of thiocarbonyl (C=S) groups is 1. The fourth-order valence-electron chi connectivity index (χ4n) is 2.72. The quantitative estimate of drug-likeness (QED) is 0.238. The molecule has 2 aromatic carbocycles. The lowest BCUT2D eigenvalue weighted by atomic mass is 9.99. The SMILES string of the molecule is CCC(C)c1ccc(OCCCOc2c(/C=N/NC(=S)NC)cccc2OC)cc1. The van der Waals surface area contributed by atoms with Crippen LogP contribution in [0.25, 0.3) is 0 Å². The summed E-state index contributed by atoms with van der Waals surface area (Å²) in [6.45, 7) is 5.49. The number of hydrogen-bond acceptors (Lipinski definition) is 5. The van der Waals surface area contributed by atoms with E-state index in [4.69, 9.17) is 26.4 Å². The predicted molar refractivity (Wildman–Crippen MR) is 126 cm³/mol. The van der Waals surface area contributed by atoms with E-state index in [2.05, 4.69) is 41.8 Å². The highest BCUT2D eigenvalue weighted by Gasteiger charge is 2.09. The lowest BCUT2D eigenvalue weighted by Gasteiger charge is -2.14. The second kappa shape index (κ2) is 12.7. The molecule has 2 N–H and O–H groups in total. The molecule has 0 radical (unpaired) electrons. The molecule has 162 valence electrons. The van der Waals surface area contributed by atoms with E-state index in [1.807, 2.05) is 30.3 Å². The first-order valence-electron chi connectivity index (χ1n) is 10.1. The molecule has 0 heterocycles. The number of methoxy groups -OCH3 is 1. The van der Waals surface area contributed by atoms with Crippen molar-refractivity contribution in [2.45, 2.75) is 32.6 Å². The number of benzene rings is 2. The molecular weight excluding hydrogens is 398 g/mol. The highest BCUT2D eigenvalue weighted by molar-refractivity contribution is 7.80. The molecular formula is C23H31N3O3S. The summed E-state index contributed by atoms with van der Waals surface area (Å²) in [7, 11) is 3.34. The van der Waals surface area contributed by atoms with Crippen molar-refractivity contribution in [2.75, 3.05) is 27.4 Å². The lowest BCUT2D eigenvalue weighted by molar-refractivity contribution is 0.240. The van der Waals surface area contributed by atoms with Crippen molar-refractivity contribution in [2.24, 2.45) is 5.10 Å². The largest absolute Gasteiger partial charge is 0.493 e. The summed E-state index contributed by atoms with van der Waals surface area (Å²) in [5.74, 6) is 2.73. The van der Waals surface area contributed by atoms with Crippen molar-refractivity contribution in [1.29, 1.82) is 0 Å². The topological polar surface area (TPSA) is 64.1 Å². The molecule has 0 saturated heterocycles. The summed E-state index contributed by atoms with van der Waals surface area (Å²) in [5.41, 5.74) is 4.86. The third-order valence-corrected chi connectivity index (χ3v) is 4.99. The van der Waals surface area contributed by atoms with Crippen LogP contribution in [0, 0.1) is 0 Å². The summed E-state index contributed by atoms with van der Waals surface area (Å²) >= 11 is 5.01.